The summed E-state index contributed by atoms with van der Waals surface area (Å²) in [5, 5.41) is 18.8. The van der Waals surface area contributed by atoms with Crippen LogP contribution in [0.4, 0.5) is 14.6 Å². The molecule has 10 heteroatoms. The number of anilines is 1. The number of halogens is 2. The number of para-hydroxylation sites is 1. The van der Waals surface area contributed by atoms with Gasteiger partial charge in [-0.05, 0) is 23.3 Å². The van der Waals surface area contributed by atoms with Gasteiger partial charge in [-0.25, -0.2) is 18.4 Å². The van der Waals surface area contributed by atoms with Crippen molar-refractivity contribution in [1.29, 1.82) is 0 Å². The summed E-state index contributed by atoms with van der Waals surface area (Å²) in [5.74, 6) is -5.94. The molecule has 0 saturated carbocycles. The normalized spacial score (nSPS) is 10.6. The van der Waals surface area contributed by atoms with E-state index in [1.807, 2.05) is 4.98 Å². The number of carboxylic acids is 2. The number of aromatic nitrogens is 1. The molecule has 1 aromatic heterocycles. The Labute approximate surface area is 167 Å². The minimum absolute atomic E-state index is 0.100. The van der Waals surface area contributed by atoms with Crippen molar-refractivity contribution < 1.29 is 33.3 Å². The van der Waals surface area contributed by atoms with E-state index in [1.54, 1.807) is 0 Å². The summed E-state index contributed by atoms with van der Waals surface area (Å²) in [4.78, 5) is 37.2. The number of hydrogen-bond donors (Lipinski definition) is 4. The quantitative estimate of drug-likeness (QED) is 0.484. The maximum atomic E-state index is 13.6. The molecular weight excluding hydrogens is 402 g/mol. The summed E-state index contributed by atoms with van der Waals surface area (Å²) in [6.07, 6.45) is 0. The first kappa shape index (κ1) is 20.5. The van der Waals surface area contributed by atoms with Crippen LogP contribution < -0.4 is 16.0 Å². The number of pyridine rings is 1. The van der Waals surface area contributed by atoms with Crippen molar-refractivity contribution in [3.05, 3.63) is 81.1 Å². The summed E-state index contributed by atoms with van der Waals surface area (Å²) in [5.41, 5.74) is 3.38. The molecule has 1 heterocycles. The van der Waals surface area contributed by atoms with E-state index < -0.39 is 51.8 Å². The number of aromatic amines is 1. The van der Waals surface area contributed by atoms with Crippen LogP contribution in [-0.2, 0) is 6.61 Å². The second-order valence-electron chi connectivity index (χ2n) is 6.14. The SMILES string of the molecule is Nc1[nH]c(=O)c(C(=O)O)c(-c2ccc(COc3c(F)cccc3F)cc2)c1C(=O)O. The lowest BCUT2D eigenvalue weighted by Gasteiger charge is -2.13. The van der Waals surface area contributed by atoms with Crippen molar-refractivity contribution in [2.24, 2.45) is 0 Å². The van der Waals surface area contributed by atoms with Crippen molar-refractivity contribution in [2.75, 3.05) is 5.73 Å². The number of nitrogens with one attached hydrogen (secondary N) is 1. The van der Waals surface area contributed by atoms with Gasteiger partial charge < -0.3 is 25.7 Å². The Kier molecular flexibility index (Phi) is 5.50. The van der Waals surface area contributed by atoms with E-state index in [2.05, 4.69) is 0 Å². The number of carboxylic acid groups (broad SMARTS) is 2. The molecule has 0 unspecified atom stereocenters. The van der Waals surface area contributed by atoms with Gasteiger partial charge in [0, 0.05) is 5.56 Å². The van der Waals surface area contributed by atoms with Gasteiger partial charge in [-0.1, -0.05) is 30.3 Å². The van der Waals surface area contributed by atoms with Gasteiger partial charge in [0.15, 0.2) is 17.4 Å². The molecule has 3 rings (SSSR count). The molecule has 0 atom stereocenters. The molecular formula is C20H14F2N2O6. The molecule has 0 radical (unpaired) electrons. The monoisotopic (exact) mass is 416 g/mol. The molecule has 154 valence electrons. The lowest BCUT2D eigenvalue weighted by atomic mass is 9.95. The zero-order valence-electron chi connectivity index (χ0n) is 15.1. The Bertz CT molecular complexity index is 1180. The molecule has 30 heavy (non-hydrogen) atoms. The number of nitrogen functional groups attached to an aromatic ring is 1. The van der Waals surface area contributed by atoms with Crippen LogP contribution in [0, 0.1) is 11.6 Å². The lowest BCUT2D eigenvalue weighted by molar-refractivity contribution is 0.0695. The fraction of sp³-hybridized carbons (Fsp3) is 0.0500. The summed E-state index contributed by atoms with van der Waals surface area (Å²) >= 11 is 0. The molecule has 2 aromatic carbocycles. The zero-order valence-corrected chi connectivity index (χ0v) is 15.1. The number of carbonyl (C=O) groups is 2. The van der Waals surface area contributed by atoms with Crippen molar-refractivity contribution in [3.63, 3.8) is 0 Å². The highest BCUT2D eigenvalue weighted by molar-refractivity contribution is 6.07. The first-order chi connectivity index (χ1) is 14.2. The lowest BCUT2D eigenvalue weighted by Crippen LogP contribution is -2.24. The number of nitrogens with two attached hydrogens (primary N) is 1. The number of ether oxygens (including phenoxy) is 1. The Morgan fingerprint density at radius 2 is 1.53 bits per heavy atom. The van der Waals surface area contributed by atoms with E-state index in [0.717, 1.165) is 12.1 Å². The number of aromatic carboxylic acids is 2. The van der Waals surface area contributed by atoms with Crippen LogP contribution in [0.15, 0.2) is 47.3 Å². The average molecular weight is 416 g/mol. The van der Waals surface area contributed by atoms with Gasteiger partial charge in [0.1, 0.15) is 23.6 Å². The van der Waals surface area contributed by atoms with Crippen molar-refractivity contribution >= 4 is 17.8 Å². The van der Waals surface area contributed by atoms with Crippen molar-refractivity contribution in [3.8, 4) is 16.9 Å². The molecule has 0 aliphatic heterocycles. The van der Waals surface area contributed by atoms with E-state index in [-0.39, 0.29) is 17.7 Å². The summed E-state index contributed by atoms with van der Waals surface area (Å²) in [6, 6.07) is 8.84. The Morgan fingerprint density at radius 1 is 0.967 bits per heavy atom. The van der Waals surface area contributed by atoms with Crippen LogP contribution >= 0.6 is 0 Å². The molecule has 0 bridgehead atoms. The van der Waals surface area contributed by atoms with Crippen LogP contribution in [0.5, 0.6) is 5.75 Å². The van der Waals surface area contributed by atoms with Gasteiger partial charge in [-0.3, -0.25) is 4.79 Å². The Balaban J connectivity index is 2.00. The number of rotatable bonds is 6. The summed E-state index contributed by atoms with van der Waals surface area (Å²) in [6.45, 7) is -0.215. The predicted molar refractivity (Wildman–Crippen MR) is 102 cm³/mol. The van der Waals surface area contributed by atoms with Gasteiger partial charge in [0.05, 0.1) is 0 Å². The molecule has 0 amide bonds. The fourth-order valence-corrected chi connectivity index (χ4v) is 2.88. The van der Waals surface area contributed by atoms with Crippen LogP contribution in [0.1, 0.15) is 26.3 Å². The minimum Gasteiger partial charge on any atom is -0.483 e. The topological polar surface area (TPSA) is 143 Å². The van der Waals surface area contributed by atoms with Crippen molar-refractivity contribution in [2.45, 2.75) is 6.61 Å². The molecule has 0 fully saturated rings. The molecule has 0 aliphatic carbocycles. The largest absolute Gasteiger partial charge is 0.483 e. The standard InChI is InChI=1S/C20H14F2N2O6/c21-11-2-1-3-12(22)16(11)30-8-9-4-6-10(7-5-9)13-14(19(26)27)17(23)24-18(25)15(13)20(28)29/h1-7H,8H2,(H,26,27)(H,28,29)(H3,23,24,25). The fourth-order valence-electron chi connectivity index (χ4n) is 2.88. The highest BCUT2D eigenvalue weighted by Crippen LogP contribution is 2.30. The number of hydrogen-bond acceptors (Lipinski definition) is 5. The maximum Gasteiger partial charge on any atom is 0.342 e. The second-order valence-corrected chi connectivity index (χ2v) is 6.14. The number of H-pyrrole nitrogens is 1. The number of benzene rings is 2. The Hall–Kier alpha value is -4.21. The second kappa shape index (κ2) is 8.03. The van der Waals surface area contributed by atoms with E-state index >= 15 is 0 Å². The zero-order chi connectivity index (χ0) is 22.0. The van der Waals surface area contributed by atoms with Crippen LogP contribution in [0.3, 0.4) is 0 Å². The van der Waals surface area contributed by atoms with Gasteiger partial charge >= 0.3 is 11.9 Å². The molecule has 0 spiro atoms. The molecule has 0 aliphatic rings. The third-order valence-electron chi connectivity index (χ3n) is 4.22. The molecule has 5 N–H and O–H groups in total. The van der Waals surface area contributed by atoms with Gasteiger partial charge in [-0.15, -0.1) is 0 Å². The van der Waals surface area contributed by atoms with Gasteiger partial charge in [-0.2, -0.15) is 0 Å². The molecule has 3 aromatic rings. The minimum atomic E-state index is -1.63. The van der Waals surface area contributed by atoms with Crippen molar-refractivity contribution in [1.82, 2.24) is 4.98 Å². The Morgan fingerprint density at radius 3 is 2.07 bits per heavy atom. The average Bonchev–Trinajstić information content (AvgIpc) is 2.66. The van der Waals surface area contributed by atoms with E-state index in [1.165, 1.54) is 30.3 Å². The summed E-state index contributed by atoms with van der Waals surface area (Å²) < 4.78 is 32.4. The summed E-state index contributed by atoms with van der Waals surface area (Å²) in [7, 11) is 0. The third-order valence-corrected chi connectivity index (χ3v) is 4.22. The smallest absolute Gasteiger partial charge is 0.342 e. The third kappa shape index (κ3) is 3.83. The van der Waals surface area contributed by atoms with Crippen LogP contribution in [0.25, 0.3) is 11.1 Å². The van der Waals surface area contributed by atoms with Crippen LogP contribution in [0.2, 0.25) is 0 Å². The van der Waals surface area contributed by atoms with Gasteiger partial charge in [0.25, 0.3) is 5.56 Å². The van der Waals surface area contributed by atoms with E-state index in [9.17, 15) is 33.4 Å². The predicted octanol–water partition coefficient (Wildman–Crippen LogP) is 2.88. The van der Waals surface area contributed by atoms with Gasteiger partial charge in [0.2, 0.25) is 0 Å². The van der Waals surface area contributed by atoms with E-state index in [4.69, 9.17) is 10.5 Å². The highest BCUT2D eigenvalue weighted by Gasteiger charge is 2.26. The maximum absolute atomic E-state index is 13.6. The van der Waals surface area contributed by atoms with E-state index in [0.29, 0.717) is 5.56 Å². The first-order valence-corrected chi connectivity index (χ1v) is 8.39. The molecule has 0 saturated heterocycles. The molecule has 8 nitrogen and oxygen atoms in total. The highest BCUT2D eigenvalue weighted by atomic mass is 19.1. The first-order valence-electron chi connectivity index (χ1n) is 8.39. The van der Waals surface area contributed by atoms with Crippen LogP contribution in [-0.4, -0.2) is 27.1 Å².